The Balaban J connectivity index is 1.63. The molecule has 0 N–H and O–H groups in total. The molecule has 28 heavy (non-hydrogen) atoms. The molecule has 0 saturated carbocycles. The van der Waals surface area contributed by atoms with Crippen molar-refractivity contribution in [2.24, 2.45) is 0 Å². The number of hydrogen-bond acceptors (Lipinski definition) is 0. The van der Waals surface area contributed by atoms with Crippen molar-refractivity contribution in [3.8, 4) is 22.3 Å². The van der Waals surface area contributed by atoms with Gasteiger partial charge in [-0.3, -0.25) is 0 Å². The van der Waals surface area contributed by atoms with Gasteiger partial charge < -0.3 is 0 Å². The second-order valence-electron chi connectivity index (χ2n) is 8.77. The summed E-state index contributed by atoms with van der Waals surface area (Å²) in [5.41, 5.74) is 14.8. The fourth-order valence-electron chi connectivity index (χ4n) is 5.75. The highest BCUT2D eigenvalue weighted by molar-refractivity contribution is 6.05. The lowest BCUT2D eigenvalue weighted by Crippen LogP contribution is -1.98. The van der Waals surface area contributed by atoms with Gasteiger partial charge in [-0.2, -0.15) is 0 Å². The van der Waals surface area contributed by atoms with Crippen molar-refractivity contribution in [3.63, 3.8) is 0 Å². The van der Waals surface area contributed by atoms with Gasteiger partial charge in [-0.15, -0.1) is 0 Å². The van der Waals surface area contributed by atoms with Gasteiger partial charge in [0.15, 0.2) is 0 Å². The van der Waals surface area contributed by atoms with E-state index in [1.165, 1.54) is 55.3 Å². The quantitative estimate of drug-likeness (QED) is 0.286. The van der Waals surface area contributed by atoms with Crippen molar-refractivity contribution < 1.29 is 0 Å². The first kappa shape index (κ1) is 16.1. The summed E-state index contributed by atoms with van der Waals surface area (Å²) in [7, 11) is 0. The van der Waals surface area contributed by atoms with Crippen molar-refractivity contribution in [1.82, 2.24) is 0 Å². The first-order chi connectivity index (χ1) is 13.6. The van der Waals surface area contributed by atoms with Crippen LogP contribution in [0.4, 0.5) is 0 Å². The summed E-state index contributed by atoms with van der Waals surface area (Å²) in [4.78, 5) is 0. The zero-order chi connectivity index (χ0) is 19.0. The molecule has 0 nitrogen and oxygen atoms in total. The molecule has 0 aliphatic heterocycles. The second-order valence-corrected chi connectivity index (χ2v) is 8.77. The highest BCUT2D eigenvalue weighted by Crippen LogP contribution is 2.48. The highest BCUT2D eigenvalue weighted by atomic mass is 14.3. The average Bonchev–Trinajstić information content (AvgIpc) is 3.25. The van der Waals surface area contributed by atoms with E-state index in [4.69, 9.17) is 0 Å². The lowest BCUT2D eigenvalue weighted by atomic mass is 9.89. The Labute approximate surface area is 166 Å². The van der Waals surface area contributed by atoms with E-state index in [0.717, 1.165) is 12.8 Å². The van der Waals surface area contributed by atoms with Crippen molar-refractivity contribution in [1.29, 1.82) is 0 Å². The molecule has 136 valence electrons. The SMILES string of the molecule is Cc1ccc2c(c1C(C)C)Cc1c-2ccc2c3c(ccc12)Cc1ccccc1-3. The Kier molecular flexibility index (Phi) is 3.21. The summed E-state index contributed by atoms with van der Waals surface area (Å²) < 4.78 is 0. The largest absolute Gasteiger partial charge is 0.0619 e. The maximum Gasteiger partial charge on any atom is -0.000434 e. The number of rotatable bonds is 1. The number of aryl methyl sites for hydroxylation is 1. The van der Waals surface area contributed by atoms with Crippen LogP contribution in [0.3, 0.4) is 0 Å². The summed E-state index contributed by atoms with van der Waals surface area (Å²) in [6.07, 6.45) is 2.13. The van der Waals surface area contributed by atoms with Gasteiger partial charge in [-0.1, -0.05) is 74.5 Å². The smallest absolute Gasteiger partial charge is 0.000434 e. The van der Waals surface area contributed by atoms with E-state index in [9.17, 15) is 0 Å². The minimum absolute atomic E-state index is 0.562. The molecule has 0 amide bonds. The van der Waals surface area contributed by atoms with E-state index >= 15 is 0 Å². The topological polar surface area (TPSA) is 0 Å². The third kappa shape index (κ3) is 2.01. The molecule has 0 aromatic heterocycles. The van der Waals surface area contributed by atoms with Crippen molar-refractivity contribution in [2.75, 3.05) is 0 Å². The zero-order valence-electron chi connectivity index (χ0n) is 16.8. The van der Waals surface area contributed by atoms with Crippen LogP contribution < -0.4 is 0 Å². The van der Waals surface area contributed by atoms with Gasteiger partial charge in [0.05, 0.1) is 0 Å². The molecular formula is C28H24. The lowest BCUT2D eigenvalue weighted by Gasteiger charge is -2.15. The first-order valence-corrected chi connectivity index (χ1v) is 10.4. The third-order valence-corrected chi connectivity index (χ3v) is 6.86. The Bertz CT molecular complexity index is 1290. The third-order valence-electron chi connectivity index (χ3n) is 6.86. The summed E-state index contributed by atoms with van der Waals surface area (Å²) >= 11 is 0. The first-order valence-electron chi connectivity index (χ1n) is 10.4. The minimum Gasteiger partial charge on any atom is -0.0619 e. The lowest BCUT2D eigenvalue weighted by molar-refractivity contribution is 0.842. The van der Waals surface area contributed by atoms with Gasteiger partial charge in [0.2, 0.25) is 0 Å². The van der Waals surface area contributed by atoms with Gasteiger partial charge >= 0.3 is 0 Å². The molecule has 2 aliphatic carbocycles. The maximum atomic E-state index is 2.38. The minimum atomic E-state index is 0.562. The molecule has 0 heteroatoms. The molecule has 0 atom stereocenters. The van der Waals surface area contributed by atoms with Crippen molar-refractivity contribution in [2.45, 2.75) is 39.5 Å². The normalized spacial score (nSPS) is 13.6. The monoisotopic (exact) mass is 360 g/mol. The van der Waals surface area contributed by atoms with E-state index in [-0.39, 0.29) is 0 Å². The summed E-state index contributed by atoms with van der Waals surface area (Å²) in [6.45, 7) is 6.92. The average molecular weight is 361 g/mol. The molecular weight excluding hydrogens is 336 g/mol. The standard InChI is InChI=1S/C28H24/c1-16(2)27-17(3)8-10-22-21-12-13-24-23(25(21)15-26(22)27)11-9-19-14-18-6-4-5-7-20(18)28(19)24/h4-13,16H,14-15H2,1-3H3. The summed E-state index contributed by atoms with van der Waals surface area (Å²) in [6, 6.07) is 23.1. The van der Waals surface area contributed by atoms with Gasteiger partial charge in [0.25, 0.3) is 0 Å². The Morgan fingerprint density at radius 2 is 1.39 bits per heavy atom. The van der Waals surface area contributed by atoms with E-state index in [2.05, 4.69) is 81.4 Å². The van der Waals surface area contributed by atoms with Crippen LogP contribution in [0.25, 0.3) is 33.0 Å². The van der Waals surface area contributed by atoms with Crippen molar-refractivity contribution in [3.05, 3.63) is 94.0 Å². The molecule has 6 rings (SSSR count). The molecule has 0 bridgehead atoms. The molecule has 2 aliphatic rings. The van der Waals surface area contributed by atoms with E-state index in [1.807, 2.05) is 0 Å². The molecule has 0 radical (unpaired) electrons. The fourth-order valence-corrected chi connectivity index (χ4v) is 5.75. The van der Waals surface area contributed by atoms with E-state index in [1.54, 1.807) is 11.1 Å². The molecule has 4 aromatic carbocycles. The Hall–Kier alpha value is -2.86. The van der Waals surface area contributed by atoms with Crippen LogP contribution >= 0.6 is 0 Å². The Morgan fingerprint density at radius 3 is 2.25 bits per heavy atom. The summed E-state index contributed by atoms with van der Waals surface area (Å²) in [5, 5.41) is 2.87. The number of hydrogen-bond donors (Lipinski definition) is 0. The molecule has 0 unspecified atom stereocenters. The van der Waals surface area contributed by atoms with Crippen LogP contribution in [-0.4, -0.2) is 0 Å². The predicted molar refractivity (Wildman–Crippen MR) is 119 cm³/mol. The highest BCUT2D eigenvalue weighted by Gasteiger charge is 2.27. The summed E-state index contributed by atoms with van der Waals surface area (Å²) in [5.74, 6) is 0.562. The predicted octanol–water partition coefficient (Wildman–Crippen LogP) is 7.41. The van der Waals surface area contributed by atoms with Gasteiger partial charge in [-0.25, -0.2) is 0 Å². The molecule has 0 saturated heterocycles. The van der Waals surface area contributed by atoms with Crippen molar-refractivity contribution >= 4 is 10.8 Å². The van der Waals surface area contributed by atoms with Crippen LogP contribution in [-0.2, 0) is 12.8 Å². The van der Waals surface area contributed by atoms with Gasteiger partial charge in [0, 0.05) is 0 Å². The van der Waals surface area contributed by atoms with E-state index < -0.39 is 0 Å². The van der Waals surface area contributed by atoms with Crippen LogP contribution in [0.1, 0.15) is 53.1 Å². The molecule has 4 aromatic rings. The number of fused-ring (bicyclic) bond motifs is 9. The zero-order valence-corrected chi connectivity index (χ0v) is 16.8. The van der Waals surface area contributed by atoms with Crippen LogP contribution in [0.2, 0.25) is 0 Å². The van der Waals surface area contributed by atoms with Gasteiger partial charge in [0.1, 0.15) is 0 Å². The maximum absolute atomic E-state index is 2.38. The second kappa shape index (κ2) is 5.58. The molecule has 0 heterocycles. The van der Waals surface area contributed by atoms with Crippen LogP contribution in [0, 0.1) is 6.92 Å². The van der Waals surface area contributed by atoms with Gasteiger partial charge in [-0.05, 0) is 92.1 Å². The number of benzene rings is 4. The van der Waals surface area contributed by atoms with E-state index in [0.29, 0.717) is 5.92 Å². The van der Waals surface area contributed by atoms with Crippen LogP contribution in [0.5, 0.6) is 0 Å². The van der Waals surface area contributed by atoms with Crippen LogP contribution in [0.15, 0.2) is 60.7 Å². The fraction of sp³-hybridized carbons (Fsp3) is 0.214. The molecule has 0 fully saturated rings. The Morgan fingerprint density at radius 1 is 0.643 bits per heavy atom. The molecule has 0 spiro atoms.